The highest BCUT2D eigenvalue weighted by Crippen LogP contribution is 2.60. The Morgan fingerprint density at radius 2 is 1.73 bits per heavy atom. The third kappa shape index (κ3) is 4.81. The number of fused-ring (bicyclic) bond motifs is 1. The molecule has 4 saturated carbocycles. The Balaban J connectivity index is 1.04. The van der Waals surface area contributed by atoms with E-state index >= 15 is 0 Å². The summed E-state index contributed by atoms with van der Waals surface area (Å²) in [6, 6.07) is 8.03. The molecule has 4 aliphatic rings. The molecule has 4 aliphatic carbocycles. The number of anilines is 2. The largest absolute Gasteiger partial charge is 0.476 e. The van der Waals surface area contributed by atoms with E-state index in [1.807, 2.05) is 38.2 Å². The number of benzene rings is 1. The van der Waals surface area contributed by atoms with Gasteiger partial charge < -0.3 is 10.4 Å². The highest BCUT2D eigenvalue weighted by molar-refractivity contribution is 7.22. The number of para-hydroxylation sites is 1. The molecule has 11 heteroatoms. The van der Waals surface area contributed by atoms with Crippen LogP contribution in [-0.4, -0.2) is 41.0 Å². The second kappa shape index (κ2) is 10.4. The molecule has 5 aromatic rings. The molecule has 4 aromatic heterocycles. The molecule has 0 saturated heterocycles. The number of aromatic carboxylic acids is 1. The fraction of sp³-hybridized carbons (Fsp3) is 0.455. The topological polar surface area (TPSA) is 119 Å². The lowest BCUT2D eigenvalue weighted by Crippen LogP contribution is -2.48. The van der Waals surface area contributed by atoms with Crippen LogP contribution < -0.4 is 5.32 Å². The molecule has 0 atom stereocenters. The minimum Gasteiger partial charge on any atom is -0.476 e. The first-order valence-corrected chi connectivity index (χ1v) is 17.1. The van der Waals surface area contributed by atoms with Gasteiger partial charge in [-0.25, -0.2) is 14.8 Å². The van der Waals surface area contributed by atoms with E-state index < -0.39 is 5.97 Å². The van der Waals surface area contributed by atoms with Crippen LogP contribution in [0, 0.1) is 43.9 Å². The minimum atomic E-state index is -1.02. The molecule has 0 amide bonds. The molecule has 44 heavy (non-hydrogen) atoms. The van der Waals surface area contributed by atoms with Crippen molar-refractivity contribution in [3.8, 4) is 10.4 Å². The molecule has 9 rings (SSSR count). The number of carboxylic acids is 1. The van der Waals surface area contributed by atoms with Crippen LogP contribution in [0.2, 0.25) is 0 Å². The Kier molecular flexibility index (Phi) is 6.60. The molecule has 1 aromatic carbocycles. The van der Waals surface area contributed by atoms with E-state index in [9.17, 15) is 9.90 Å². The molecule has 0 aliphatic heterocycles. The summed E-state index contributed by atoms with van der Waals surface area (Å²) in [5.41, 5.74) is 6.02. The van der Waals surface area contributed by atoms with Gasteiger partial charge in [-0.1, -0.05) is 23.5 Å². The number of nitrogens with one attached hydrogen (secondary N) is 1. The van der Waals surface area contributed by atoms with Crippen molar-refractivity contribution in [1.29, 1.82) is 0 Å². The van der Waals surface area contributed by atoms with Crippen LogP contribution in [0.1, 0.15) is 76.5 Å². The Labute approximate surface area is 263 Å². The van der Waals surface area contributed by atoms with Crippen LogP contribution >= 0.6 is 22.7 Å². The standard InChI is InChI=1S/C33H35N7O2S2/c1-17-18(2)30(37-32-35-24-6-4-5-7-26(24)43-32)39-38-25(17)11-27-36-28(31(41)42)29(44-27)23-15-34-40(19(23)3)16-33-12-20-8-21(13-33)10-22(9-20)14-33/h4-7,15,20-22H,8-14,16H2,1-3H3,(H,41,42)(H,35,37,39). The van der Waals surface area contributed by atoms with Crippen molar-refractivity contribution in [3.63, 3.8) is 0 Å². The Bertz CT molecular complexity index is 1850. The fourth-order valence-electron chi connectivity index (χ4n) is 8.51. The van der Waals surface area contributed by atoms with Crippen LogP contribution in [0.25, 0.3) is 20.7 Å². The summed E-state index contributed by atoms with van der Waals surface area (Å²) in [7, 11) is 0. The van der Waals surface area contributed by atoms with Gasteiger partial charge in [-0.3, -0.25) is 4.68 Å². The predicted octanol–water partition coefficient (Wildman–Crippen LogP) is 7.58. The van der Waals surface area contributed by atoms with Gasteiger partial charge in [0, 0.05) is 24.2 Å². The van der Waals surface area contributed by atoms with Crippen LogP contribution in [0.3, 0.4) is 0 Å². The number of carboxylic acid groups (broad SMARTS) is 1. The van der Waals surface area contributed by atoms with Crippen LogP contribution in [0.4, 0.5) is 10.9 Å². The van der Waals surface area contributed by atoms with Crippen molar-refractivity contribution >= 4 is 49.8 Å². The molecule has 2 N–H and O–H groups in total. The molecule has 4 heterocycles. The molecular weight excluding hydrogens is 591 g/mol. The molecule has 0 radical (unpaired) electrons. The van der Waals surface area contributed by atoms with Crippen LogP contribution in [-0.2, 0) is 13.0 Å². The first kappa shape index (κ1) is 27.8. The van der Waals surface area contributed by atoms with E-state index in [2.05, 4.69) is 43.2 Å². The molecular formula is C33H35N7O2S2. The summed E-state index contributed by atoms with van der Waals surface area (Å²) in [5.74, 6) is 2.29. The van der Waals surface area contributed by atoms with Crippen molar-refractivity contribution < 1.29 is 9.90 Å². The van der Waals surface area contributed by atoms with Gasteiger partial charge in [-0.05, 0) is 106 Å². The first-order chi connectivity index (χ1) is 21.2. The maximum atomic E-state index is 12.4. The van der Waals surface area contributed by atoms with E-state index in [0.717, 1.165) is 67.7 Å². The maximum absolute atomic E-state index is 12.4. The Morgan fingerprint density at radius 3 is 2.43 bits per heavy atom. The second-order valence-corrected chi connectivity index (χ2v) is 15.5. The lowest BCUT2D eigenvalue weighted by atomic mass is 9.49. The van der Waals surface area contributed by atoms with Gasteiger partial charge in [0.1, 0.15) is 5.01 Å². The van der Waals surface area contributed by atoms with Gasteiger partial charge in [0.05, 0.1) is 27.0 Å². The Morgan fingerprint density at radius 1 is 1.00 bits per heavy atom. The number of nitrogens with zero attached hydrogens (tertiary/aromatic N) is 6. The van der Waals surface area contributed by atoms with Gasteiger partial charge in [0.15, 0.2) is 16.6 Å². The molecule has 0 unspecified atom stereocenters. The van der Waals surface area contributed by atoms with Crippen molar-refractivity contribution in [2.75, 3.05) is 5.32 Å². The minimum absolute atomic E-state index is 0.0823. The third-order valence-corrected chi connectivity index (χ3v) is 12.4. The lowest BCUT2D eigenvalue weighted by Gasteiger charge is -2.56. The van der Waals surface area contributed by atoms with Crippen molar-refractivity contribution in [2.45, 2.75) is 72.3 Å². The number of carbonyl (C=O) groups is 1. The number of hydrogen-bond acceptors (Lipinski definition) is 9. The summed E-state index contributed by atoms with van der Waals surface area (Å²) in [6.07, 6.45) is 10.4. The van der Waals surface area contributed by atoms with Crippen molar-refractivity contribution in [3.05, 3.63) is 63.7 Å². The normalized spacial score (nSPS) is 23.9. The van der Waals surface area contributed by atoms with Crippen molar-refractivity contribution in [2.24, 2.45) is 23.2 Å². The first-order valence-electron chi connectivity index (χ1n) is 15.4. The molecule has 0 spiro atoms. The summed E-state index contributed by atoms with van der Waals surface area (Å²) in [6.45, 7) is 7.04. The van der Waals surface area contributed by atoms with E-state index in [-0.39, 0.29) is 5.69 Å². The summed E-state index contributed by atoms with van der Waals surface area (Å²) in [4.78, 5) is 22.3. The number of aromatic nitrogens is 6. The maximum Gasteiger partial charge on any atom is 0.356 e. The highest BCUT2D eigenvalue weighted by Gasteiger charge is 2.51. The SMILES string of the molecule is Cc1c(Cc2nc(C(=O)O)c(-c3cnn(CC45CC6CC(CC(C6)C4)C5)c3C)s2)nnc(Nc2nc3ccccc3s2)c1C. The van der Waals surface area contributed by atoms with Gasteiger partial charge in [0.2, 0.25) is 0 Å². The van der Waals surface area contributed by atoms with Crippen molar-refractivity contribution in [1.82, 2.24) is 29.9 Å². The van der Waals surface area contributed by atoms with Gasteiger partial charge >= 0.3 is 5.97 Å². The summed E-state index contributed by atoms with van der Waals surface area (Å²) < 4.78 is 3.25. The number of rotatable bonds is 8. The van der Waals surface area contributed by atoms with Gasteiger partial charge in [0.25, 0.3) is 0 Å². The molecule has 226 valence electrons. The number of hydrogen-bond donors (Lipinski definition) is 2. The average molecular weight is 626 g/mol. The van der Waals surface area contributed by atoms with Crippen LogP contribution in [0.15, 0.2) is 30.5 Å². The predicted molar refractivity (Wildman–Crippen MR) is 173 cm³/mol. The quantitative estimate of drug-likeness (QED) is 0.181. The molecule has 4 bridgehead atoms. The van der Waals surface area contributed by atoms with Crippen LogP contribution in [0.5, 0.6) is 0 Å². The fourth-order valence-corrected chi connectivity index (χ4v) is 10.5. The highest BCUT2D eigenvalue weighted by atomic mass is 32.1. The zero-order valence-corrected chi connectivity index (χ0v) is 26.8. The zero-order chi connectivity index (χ0) is 30.2. The van der Waals surface area contributed by atoms with Gasteiger partial charge in [-0.2, -0.15) is 10.2 Å². The van der Waals surface area contributed by atoms with E-state index in [4.69, 9.17) is 5.10 Å². The summed E-state index contributed by atoms with van der Waals surface area (Å²) in [5, 5.41) is 28.8. The molecule has 9 nitrogen and oxygen atoms in total. The van der Waals surface area contributed by atoms with E-state index in [0.29, 0.717) is 27.5 Å². The molecule has 4 fully saturated rings. The lowest BCUT2D eigenvalue weighted by molar-refractivity contribution is -0.0638. The zero-order valence-electron chi connectivity index (χ0n) is 25.1. The third-order valence-electron chi connectivity index (χ3n) is 10.3. The number of thiazole rings is 2. The summed E-state index contributed by atoms with van der Waals surface area (Å²) >= 11 is 3.00. The van der Waals surface area contributed by atoms with Gasteiger partial charge in [-0.15, -0.1) is 16.4 Å². The average Bonchev–Trinajstić information content (AvgIpc) is 3.68. The smallest absolute Gasteiger partial charge is 0.356 e. The van der Waals surface area contributed by atoms with E-state index in [1.54, 1.807) is 11.3 Å². The monoisotopic (exact) mass is 625 g/mol. The second-order valence-electron chi connectivity index (χ2n) is 13.3. The Hall–Kier alpha value is -3.70. The van der Waals surface area contributed by atoms with E-state index in [1.165, 1.54) is 49.9 Å².